The quantitative estimate of drug-likeness (QED) is 0.747. The third-order valence-corrected chi connectivity index (χ3v) is 3.67. The standard InChI is InChI=1S/C15H23N/c1-13(2)15(16-10-6-7-11-16)12-14-8-4-3-5-9-14/h3-5,8-9,13,15H,6-7,10-12H2,1-2H3. The van der Waals surface area contributed by atoms with Gasteiger partial charge in [-0.15, -0.1) is 0 Å². The van der Waals surface area contributed by atoms with Gasteiger partial charge in [0.2, 0.25) is 0 Å². The molecule has 1 aliphatic heterocycles. The van der Waals surface area contributed by atoms with Gasteiger partial charge in [-0.1, -0.05) is 44.2 Å². The van der Waals surface area contributed by atoms with Gasteiger partial charge in [0.05, 0.1) is 0 Å². The summed E-state index contributed by atoms with van der Waals surface area (Å²) >= 11 is 0. The first kappa shape index (κ1) is 11.7. The van der Waals surface area contributed by atoms with E-state index in [2.05, 4.69) is 49.1 Å². The second-order valence-electron chi connectivity index (χ2n) is 5.24. The van der Waals surface area contributed by atoms with Crippen molar-refractivity contribution in [3.63, 3.8) is 0 Å². The Labute approximate surface area is 99.5 Å². The molecule has 88 valence electrons. The van der Waals surface area contributed by atoms with E-state index in [-0.39, 0.29) is 0 Å². The van der Waals surface area contributed by atoms with Crippen LogP contribution < -0.4 is 0 Å². The maximum Gasteiger partial charge on any atom is 0.0159 e. The molecular weight excluding hydrogens is 194 g/mol. The van der Waals surface area contributed by atoms with Crippen molar-refractivity contribution in [1.29, 1.82) is 0 Å². The lowest BCUT2D eigenvalue weighted by Crippen LogP contribution is -2.38. The van der Waals surface area contributed by atoms with Crippen LogP contribution in [0.15, 0.2) is 30.3 Å². The van der Waals surface area contributed by atoms with Gasteiger partial charge in [0.25, 0.3) is 0 Å². The first-order valence-corrected chi connectivity index (χ1v) is 6.55. The fraction of sp³-hybridized carbons (Fsp3) is 0.600. The number of benzene rings is 1. The maximum atomic E-state index is 2.68. The zero-order chi connectivity index (χ0) is 11.4. The monoisotopic (exact) mass is 217 g/mol. The van der Waals surface area contributed by atoms with Crippen LogP contribution in [-0.4, -0.2) is 24.0 Å². The minimum absolute atomic E-state index is 0.727. The van der Waals surface area contributed by atoms with Gasteiger partial charge in [0.1, 0.15) is 0 Å². The molecule has 1 heteroatoms. The molecule has 1 atom stereocenters. The van der Waals surface area contributed by atoms with Crippen molar-refractivity contribution in [3.05, 3.63) is 35.9 Å². The number of hydrogen-bond donors (Lipinski definition) is 0. The zero-order valence-corrected chi connectivity index (χ0v) is 10.5. The Balaban J connectivity index is 2.02. The van der Waals surface area contributed by atoms with E-state index >= 15 is 0 Å². The summed E-state index contributed by atoms with van der Waals surface area (Å²) in [7, 11) is 0. The van der Waals surface area contributed by atoms with Crippen molar-refractivity contribution < 1.29 is 0 Å². The van der Waals surface area contributed by atoms with Gasteiger partial charge in [0, 0.05) is 6.04 Å². The van der Waals surface area contributed by atoms with Gasteiger partial charge in [-0.05, 0) is 43.8 Å². The average molecular weight is 217 g/mol. The Morgan fingerprint density at radius 3 is 2.25 bits per heavy atom. The molecule has 0 spiro atoms. The molecule has 1 nitrogen and oxygen atoms in total. The number of rotatable bonds is 4. The van der Waals surface area contributed by atoms with Gasteiger partial charge in [-0.25, -0.2) is 0 Å². The molecule has 0 aliphatic carbocycles. The molecule has 1 fully saturated rings. The van der Waals surface area contributed by atoms with Crippen LogP contribution in [0.5, 0.6) is 0 Å². The minimum atomic E-state index is 0.727. The average Bonchev–Trinajstić information content (AvgIpc) is 2.80. The largest absolute Gasteiger partial charge is 0.300 e. The summed E-state index contributed by atoms with van der Waals surface area (Å²) < 4.78 is 0. The van der Waals surface area contributed by atoms with Crippen molar-refractivity contribution in [3.8, 4) is 0 Å². The predicted octanol–water partition coefficient (Wildman–Crippen LogP) is 3.35. The first-order valence-electron chi connectivity index (χ1n) is 6.55. The molecule has 1 aliphatic rings. The molecule has 2 rings (SSSR count). The van der Waals surface area contributed by atoms with Gasteiger partial charge in [-0.3, -0.25) is 4.90 Å². The lowest BCUT2D eigenvalue weighted by molar-refractivity contribution is 0.190. The van der Waals surface area contributed by atoms with Crippen LogP contribution in [0.1, 0.15) is 32.3 Å². The molecule has 0 saturated carbocycles. The summed E-state index contributed by atoms with van der Waals surface area (Å²) in [5.41, 5.74) is 1.48. The van der Waals surface area contributed by atoms with E-state index in [9.17, 15) is 0 Å². The fourth-order valence-corrected chi connectivity index (χ4v) is 2.72. The summed E-state index contributed by atoms with van der Waals surface area (Å²) in [6.45, 7) is 7.31. The molecule has 1 aromatic rings. The van der Waals surface area contributed by atoms with Gasteiger partial charge < -0.3 is 0 Å². The molecule has 0 amide bonds. The predicted molar refractivity (Wildman–Crippen MR) is 69.6 cm³/mol. The topological polar surface area (TPSA) is 3.24 Å². The summed E-state index contributed by atoms with van der Waals surface area (Å²) in [6.07, 6.45) is 3.98. The molecule has 1 saturated heterocycles. The molecule has 0 radical (unpaired) electrons. The second kappa shape index (κ2) is 5.49. The Morgan fingerprint density at radius 1 is 1.06 bits per heavy atom. The second-order valence-corrected chi connectivity index (χ2v) is 5.24. The van der Waals surface area contributed by atoms with E-state index in [1.165, 1.54) is 37.9 Å². The lowest BCUT2D eigenvalue weighted by Gasteiger charge is -2.31. The molecule has 1 unspecified atom stereocenters. The normalized spacial score (nSPS) is 19.2. The number of nitrogens with zero attached hydrogens (tertiary/aromatic N) is 1. The van der Waals surface area contributed by atoms with Crippen molar-refractivity contribution in [2.24, 2.45) is 5.92 Å². The lowest BCUT2D eigenvalue weighted by atomic mass is 9.95. The third-order valence-electron chi connectivity index (χ3n) is 3.67. The number of likely N-dealkylation sites (tertiary alicyclic amines) is 1. The summed E-state index contributed by atoms with van der Waals surface area (Å²) in [4.78, 5) is 2.68. The highest BCUT2D eigenvalue weighted by Crippen LogP contribution is 2.21. The van der Waals surface area contributed by atoms with Crippen LogP contribution in [0.4, 0.5) is 0 Å². The van der Waals surface area contributed by atoms with Crippen LogP contribution in [0.25, 0.3) is 0 Å². The van der Waals surface area contributed by atoms with Crippen LogP contribution in [0.2, 0.25) is 0 Å². The van der Waals surface area contributed by atoms with Crippen LogP contribution in [0.3, 0.4) is 0 Å². The van der Waals surface area contributed by atoms with E-state index in [0.717, 1.165) is 12.0 Å². The third kappa shape index (κ3) is 2.85. The summed E-state index contributed by atoms with van der Waals surface area (Å²) in [5, 5.41) is 0. The zero-order valence-electron chi connectivity index (χ0n) is 10.5. The highest BCUT2D eigenvalue weighted by atomic mass is 15.2. The van der Waals surface area contributed by atoms with Crippen molar-refractivity contribution in [2.45, 2.75) is 39.2 Å². The Bertz CT molecular complexity index is 298. The van der Waals surface area contributed by atoms with Gasteiger partial charge >= 0.3 is 0 Å². The molecular formula is C15H23N. The molecule has 16 heavy (non-hydrogen) atoms. The van der Waals surface area contributed by atoms with E-state index in [0.29, 0.717) is 0 Å². The van der Waals surface area contributed by atoms with E-state index < -0.39 is 0 Å². The minimum Gasteiger partial charge on any atom is -0.300 e. The summed E-state index contributed by atoms with van der Waals surface area (Å²) in [6, 6.07) is 11.6. The maximum absolute atomic E-state index is 2.68. The molecule has 0 aromatic heterocycles. The fourth-order valence-electron chi connectivity index (χ4n) is 2.72. The van der Waals surface area contributed by atoms with Crippen molar-refractivity contribution >= 4 is 0 Å². The molecule has 1 aromatic carbocycles. The smallest absolute Gasteiger partial charge is 0.0159 e. The van der Waals surface area contributed by atoms with Crippen LogP contribution in [0, 0.1) is 5.92 Å². The first-order chi connectivity index (χ1) is 7.77. The van der Waals surface area contributed by atoms with E-state index in [1.807, 2.05) is 0 Å². The van der Waals surface area contributed by atoms with E-state index in [4.69, 9.17) is 0 Å². The molecule has 0 bridgehead atoms. The molecule has 1 heterocycles. The van der Waals surface area contributed by atoms with Gasteiger partial charge in [-0.2, -0.15) is 0 Å². The Hall–Kier alpha value is -0.820. The molecule has 0 N–H and O–H groups in total. The van der Waals surface area contributed by atoms with Crippen LogP contribution in [-0.2, 0) is 6.42 Å². The Kier molecular flexibility index (Phi) is 4.00. The summed E-state index contributed by atoms with van der Waals surface area (Å²) in [5.74, 6) is 0.748. The SMILES string of the molecule is CC(C)C(Cc1ccccc1)N1CCCC1. The highest BCUT2D eigenvalue weighted by Gasteiger charge is 2.24. The van der Waals surface area contributed by atoms with Crippen molar-refractivity contribution in [2.75, 3.05) is 13.1 Å². The Morgan fingerprint density at radius 2 is 1.69 bits per heavy atom. The number of hydrogen-bond acceptors (Lipinski definition) is 1. The van der Waals surface area contributed by atoms with E-state index in [1.54, 1.807) is 0 Å². The van der Waals surface area contributed by atoms with Crippen LogP contribution >= 0.6 is 0 Å². The van der Waals surface area contributed by atoms with Crippen molar-refractivity contribution in [1.82, 2.24) is 4.90 Å². The van der Waals surface area contributed by atoms with Gasteiger partial charge in [0.15, 0.2) is 0 Å². The highest BCUT2D eigenvalue weighted by molar-refractivity contribution is 5.16.